The first kappa shape index (κ1) is 24.6. The van der Waals surface area contributed by atoms with Gasteiger partial charge < -0.3 is 25.4 Å². The van der Waals surface area contributed by atoms with E-state index in [1.54, 1.807) is 0 Å². The number of pyridine rings is 1. The molecule has 3 N–H and O–H groups in total. The van der Waals surface area contributed by atoms with Gasteiger partial charge in [-0.1, -0.05) is 6.07 Å². The zero-order valence-electron chi connectivity index (χ0n) is 18.4. The molecule has 1 aromatic carbocycles. The van der Waals surface area contributed by atoms with E-state index in [4.69, 9.17) is 4.74 Å². The van der Waals surface area contributed by atoms with E-state index in [1.165, 1.54) is 24.1 Å². The molecule has 3 amide bonds. The van der Waals surface area contributed by atoms with Gasteiger partial charge in [0, 0.05) is 45.1 Å². The Morgan fingerprint density at radius 2 is 1.97 bits per heavy atom. The number of nitrogens with zero attached hydrogens (tertiary/aromatic N) is 3. The Balaban J connectivity index is 1.97. The fourth-order valence-electron chi connectivity index (χ4n) is 3.33. The summed E-state index contributed by atoms with van der Waals surface area (Å²) in [6.45, 7) is -0.417. The van der Waals surface area contributed by atoms with Gasteiger partial charge in [-0.2, -0.15) is 0 Å². The number of aromatic hydroxyl groups is 1. The van der Waals surface area contributed by atoms with Crippen LogP contribution in [0.1, 0.15) is 26.4 Å². The molecule has 1 aliphatic heterocycles. The minimum absolute atomic E-state index is 0.0257. The summed E-state index contributed by atoms with van der Waals surface area (Å²) in [6.07, 6.45) is 1.03. The van der Waals surface area contributed by atoms with Gasteiger partial charge in [-0.25, -0.2) is 8.78 Å². The second-order valence-electron chi connectivity index (χ2n) is 7.37. The third kappa shape index (κ3) is 4.98. The van der Waals surface area contributed by atoms with Gasteiger partial charge >= 0.3 is 0 Å². The number of likely N-dealkylation sites (N-methyl/N-ethyl adjacent to an activating group) is 1. The van der Waals surface area contributed by atoms with Crippen molar-refractivity contribution < 1.29 is 33.0 Å². The lowest BCUT2D eigenvalue weighted by Crippen LogP contribution is -2.57. The number of ether oxygens (including phenoxy) is 1. The predicted octanol–water partition coefficient (Wildman–Crippen LogP) is -0.494. The Labute approximate surface area is 192 Å². The van der Waals surface area contributed by atoms with Crippen LogP contribution < -0.4 is 21.1 Å². The third-order valence-electron chi connectivity index (χ3n) is 5.16. The molecule has 0 radical (unpaired) electrons. The monoisotopic (exact) mass is 479 g/mol. The van der Waals surface area contributed by atoms with Crippen LogP contribution in [0.4, 0.5) is 8.78 Å². The van der Waals surface area contributed by atoms with Gasteiger partial charge in [0.05, 0.1) is 6.61 Å². The van der Waals surface area contributed by atoms with Crippen LogP contribution >= 0.6 is 0 Å². The first-order valence-electron chi connectivity index (χ1n) is 10.1. The maximum Gasteiger partial charge on any atom is 0.277 e. The zero-order valence-corrected chi connectivity index (χ0v) is 18.4. The highest BCUT2D eigenvalue weighted by Gasteiger charge is 2.34. The van der Waals surface area contributed by atoms with Crippen molar-refractivity contribution in [3.63, 3.8) is 0 Å². The number of carbonyl (C=O) groups excluding carboxylic acids is 3. The molecule has 0 bridgehead atoms. The lowest BCUT2D eigenvalue weighted by molar-refractivity contribution is -0.119. The fourth-order valence-corrected chi connectivity index (χ4v) is 3.33. The average molecular weight is 479 g/mol. The molecule has 13 heteroatoms. The number of fused-ring (bicyclic) bond motifs is 1. The molecule has 2 aromatic rings. The molecule has 0 saturated carbocycles. The van der Waals surface area contributed by atoms with Crippen LogP contribution in [-0.4, -0.2) is 72.9 Å². The van der Waals surface area contributed by atoms with E-state index in [0.29, 0.717) is 6.07 Å². The summed E-state index contributed by atoms with van der Waals surface area (Å²) in [4.78, 5) is 51.6. The molecular formula is C21H23F2N5O6. The van der Waals surface area contributed by atoms with E-state index in [0.717, 1.165) is 23.0 Å². The summed E-state index contributed by atoms with van der Waals surface area (Å²) in [5.74, 6) is -4.74. The molecule has 3 rings (SSSR count). The molecule has 0 fully saturated rings. The predicted molar refractivity (Wildman–Crippen MR) is 115 cm³/mol. The molecule has 182 valence electrons. The molecule has 34 heavy (non-hydrogen) atoms. The van der Waals surface area contributed by atoms with Crippen LogP contribution in [0.3, 0.4) is 0 Å². The summed E-state index contributed by atoms with van der Waals surface area (Å²) in [5.41, 5.74) is -2.10. The van der Waals surface area contributed by atoms with Crippen molar-refractivity contribution in [3.05, 3.63) is 63.1 Å². The van der Waals surface area contributed by atoms with Crippen LogP contribution in [0.2, 0.25) is 0 Å². The number of hydrogen-bond acceptors (Lipinski definition) is 7. The van der Waals surface area contributed by atoms with Gasteiger partial charge in [-0.05, 0) is 6.07 Å². The van der Waals surface area contributed by atoms with Crippen molar-refractivity contribution in [2.24, 2.45) is 0 Å². The van der Waals surface area contributed by atoms with Crippen LogP contribution in [0.15, 0.2) is 29.2 Å². The molecule has 0 saturated heterocycles. The van der Waals surface area contributed by atoms with Crippen LogP contribution in [-0.2, 0) is 16.1 Å². The second-order valence-corrected chi connectivity index (χ2v) is 7.37. The molecule has 0 atom stereocenters. The SMILES string of the molecule is CNC(=O)CN1CN(CCOC)C(=O)c2c(O)c(=O)c(C(=O)NCc3ccc(F)cc3F)cn21. The first-order valence-corrected chi connectivity index (χ1v) is 10.1. The van der Waals surface area contributed by atoms with Gasteiger partial charge in [0.15, 0.2) is 11.4 Å². The van der Waals surface area contributed by atoms with E-state index in [2.05, 4.69) is 10.6 Å². The molecule has 0 unspecified atom stereocenters. The molecule has 0 aliphatic carbocycles. The van der Waals surface area contributed by atoms with Crippen LogP contribution in [0.25, 0.3) is 0 Å². The summed E-state index contributed by atoms with van der Waals surface area (Å²) >= 11 is 0. The van der Waals surface area contributed by atoms with Crippen LogP contribution in [0, 0.1) is 11.6 Å². The highest BCUT2D eigenvalue weighted by molar-refractivity contribution is 5.99. The van der Waals surface area contributed by atoms with E-state index in [1.807, 2.05) is 0 Å². The molecule has 11 nitrogen and oxygen atoms in total. The average Bonchev–Trinajstić information content (AvgIpc) is 2.80. The van der Waals surface area contributed by atoms with Crippen molar-refractivity contribution in [2.75, 3.05) is 45.5 Å². The highest BCUT2D eigenvalue weighted by Crippen LogP contribution is 2.21. The summed E-state index contributed by atoms with van der Waals surface area (Å²) in [6, 6.07) is 2.81. The standard InChI is InChI=1S/C21H23F2N5O6/c1-24-16(29)10-27-11-26(5-6-34-2)21(33)17-19(31)18(30)14(9-28(17)27)20(32)25-8-12-3-4-13(22)7-15(12)23/h3-4,7,9,31H,5-6,8,10-11H2,1-2H3,(H,24,29)(H,25,32). The van der Waals surface area contributed by atoms with Crippen molar-refractivity contribution in [3.8, 4) is 5.75 Å². The highest BCUT2D eigenvalue weighted by atomic mass is 19.1. The van der Waals surface area contributed by atoms with Crippen molar-refractivity contribution in [2.45, 2.75) is 6.54 Å². The Morgan fingerprint density at radius 1 is 1.24 bits per heavy atom. The number of aromatic nitrogens is 1. The van der Waals surface area contributed by atoms with Crippen LogP contribution in [0.5, 0.6) is 5.75 Å². The molecule has 2 heterocycles. The third-order valence-corrected chi connectivity index (χ3v) is 5.16. The van der Waals surface area contributed by atoms with E-state index < -0.39 is 51.8 Å². The van der Waals surface area contributed by atoms with Gasteiger partial charge in [-0.15, -0.1) is 0 Å². The van der Waals surface area contributed by atoms with Gasteiger partial charge in [0.2, 0.25) is 11.3 Å². The number of hydrogen-bond donors (Lipinski definition) is 3. The zero-order chi connectivity index (χ0) is 25.0. The summed E-state index contributed by atoms with van der Waals surface area (Å²) in [5, 5.41) is 16.6. The molecule has 1 aromatic heterocycles. The van der Waals surface area contributed by atoms with Gasteiger partial charge in [0.1, 0.15) is 30.4 Å². The minimum Gasteiger partial charge on any atom is -0.502 e. The quantitative estimate of drug-likeness (QED) is 0.465. The van der Waals surface area contributed by atoms with Gasteiger partial charge in [0.25, 0.3) is 11.8 Å². The molecule has 0 spiro atoms. The van der Waals surface area contributed by atoms with Gasteiger partial charge in [-0.3, -0.25) is 28.9 Å². The maximum absolute atomic E-state index is 13.9. The number of carbonyl (C=O) groups is 3. The lowest BCUT2D eigenvalue weighted by atomic mass is 10.1. The van der Waals surface area contributed by atoms with Crippen molar-refractivity contribution in [1.29, 1.82) is 0 Å². The topological polar surface area (TPSA) is 133 Å². The smallest absolute Gasteiger partial charge is 0.277 e. The summed E-state index contributed by atoms with van der Waals surface area (Å²) in [7, 11) is 2.85. The number of rotatable bonds is 8. The number of nitrogens with one attached hydrogen (secondary N) is 2. The molecule has 1 aliphatic rings. The van der Waals surface area contributed by atoms with E-state index in [9.17, 15) is 33.1 Å². The van der Waals surface area contributed by atoms with Crippen molar-refractivity contribution in [1.82, 2.24) is 20.2 Å². The lowest BCUT2D eigenvalue weighted by Gasteiger charge is -2.39. The largest absolute Gasteiger partial charge is 0.502 e. The molecular weight excluding hydrogens is 456 g/mol. The number of amides is 3. The second kappa shape index (κ2) is 10.3. The Hall–Kier alpha value is -4.00. The maximum atomic E-state index is 13.9. The Kier molecular flexibility index (Phi) is 7.46. The normalized spacial score (nSPS) is 13.0. The fraction of sp³-hybridized carbons (Fsp3) is 0.333. The van der Waals surface area contributed by atoms with E-state index in [-0.39, 0.29) is 38.5 Å². The minimum atomic E-state index is -1.12. The Bertz CT molecular complexity index is 1180. The summed E-state index contributed by atoms with van der Waals surface area (Å²) < 4.78 is 33.0. The van der Waals surface area contributed by atoms with Crippen molar-refractivity contribution >= 4 is 17.7 Å². The number of halogens is 2. The first-order chi connectivity index (χ1) is 16.2. The van der Waals surface area contributed by atoms with E-state index >= 15 is 0 Å². The Morgan fingerprint density at radius 3 is 2.62 bits per heavy atom. The number of methoxy groups -OCH3 is 1. The number of benzene rings is 1.